The van der Waals surface area contributed by atoms with E-state index in [0.29, 0.717) is 52.7 Å². The highest BCUT2D eigenvalue weighted by Crippen LogP contribution is 2.44. The lowest BCUT2D eigenvalue weighted by Gasteiger charge is -2.19. The summed E-state index contributed by atoms with van der Waals surface area (Å²) in [5, 5.41) is 20.8. The molecule has 63 heavy (non-hydrogen) atoms. The molecule has 0 atom stereocenters. The molecule has 10 rings (SSSR count). The van der Waals surface area contributed by atoms with Crippen molar-refractivity contribution in [2.45, 2.75) is 19.0 Å². The molecule has 9 aromatic rings. The van der Waals surface area contributed by atoms with E-state index in [4.69, 9.17) is 15.0 Å². The standard InChI is InChI=1S/C54H33F3N6/c55-54(56,57)47-14-8-7-13-43(47)44-26-23-42(53-61-51(38-9-3-1-4-10-38)60-52(62-53)39-11-5-2-6-12-39)31-50(44)63-48-27-24-40(36-19-15-34(32-58)16-20-36)29-45(48)46-30-41(25-28-49(46)63)37-21-17-35(33-59)18-22-37/h1-17,19-21,23-31H,18,22H2. The molecule has 0 radical (unpaired) electrons. The van der Waals surface area contributed by atoms with E-state index < -0.39 is 11.7 Å². The van der Waals surface area contributed by atoms with Gasteiger partial charge in [0.25, 0.3) is 0 Å². The minimum absolute atomic E-state index is 0.0328. The highest BCUT2D eigenvalue weighted by molar-refractivity contribution is 6.12. The number of nitriles is 2. The Morgan fingerprint density at radius 1 is 0.476 bits per heavy atom. The molecule has 0 fully saturated rings. The van der Waals surface area contributed by atoms with Crippen molar-refractivity contribution in [1.29, 1.82) is 10.5 Å². The summed E-state index contributed by atoms with van der Waals surface area (Å²) in [5.41, 5.74) is 9.05. The summed E-state index contributed by atoms with van der Waals surface area (Å²) in [6, 6.07) is 54.4. The van der Waals surface area contributed by atoms with E-state index in [9.17, 15) is 23.7 Å². The first kappa shape index (κ1) is 38.8. The molecular weight excluding hydrogens is 790 g/mol. The Bertz CT molecular complexity index is 3330. The van der Waals surface area contributed by atoms with Gasteiger partial charge in [-0.25, -0.2) is 15.0 Å². The minimum atomic E-state index is -4.63. The molecule has 0 unspecified atom stereocenters. The van der Waals surface area contributed by atoms with Gasteiger partial charge in [0.1, 0.15) is 0 Å². The van der Waals surface area contributed by atoms with Crippen LogP contribution < -0.4 is 0 Å². The Morgan fingerprint density at radius 2 is 1.03 bits per heavy atom. The summed E-state index contributed by atoms with van der Waals surface area (Å²) in [6.45, 7) is 0. The van der Waals surface area contributed by atoms with Crippen LogP contribution in [0.1, 0.15) is 29.5 Å². The Hall–Kier alpha value is -8.40. The lowest BCUT2D eigenvalue weighted by atomic mass is 9.92. The van der Waals surface area contributed by atoms with E-state index >= 15 is 0 Å². The van der Waals surface area contributed by atoms with E-state index in [2.05, 4.69) is 24.3 Å². The minimum Gasteiger partial charge on any atom is -0.309 e. The van der Waals surface area contributed by atoms with Crippen LogP contribution in [-0.2, 0) is 6.18 Å². The van der Waals surface area contributed by atoms with Crippen molar-refractivity contribution in [3.05, 3.63) is 198 Å². The quantitative estimate of drug-likeness (QED) is 0.160. The zero-order valence-corrected chi connectivity index (χ0v) is 33.5. The molecule has 0 amide bonds. The smallest absolute Gasteiger partial charge is 0.309 e. The number of hydrogen-bond donors (Lipinski definition) is 0. The van der Waals surface area contributed by atoms with E-state index in [1.165, 1.54) is 12.1 Å². The maximum atomic E-state index is 14.9. The third kappa shape index (κ3) is 7.32. The maximum Gasteiger partial charge on any atom is 0.417 e. The van der Waals surface area contributed by atoms with Crippen LogP contribution in [0.25, 0.3) is 89.5 Å². The molecule has 0 N–H and O–H groups in total. The third-order valence-electron chi connectivity index (χ3n) is 11.5. The zero-order chi connectivity index (χ0) is 43.1. The molecule has 1 aliphatic rings. The van der Waals surface area contributed by atoms with Crippen molar-refractivity contribution < 1.29 is 13.2 Å². The highest BCUT2D eigenvalue weighted by atomic mass is 19.4. The molecular formula is C54H33F3N6. The molecule has 300 valence electrons. The van der Waals surface area contributed by atoms with Gasteiger partial charge in [0.05, 0.1) is 40.0 Å². The summed E-state index contributed by atoms with van der Waals surface area (Å²) < 4.78 is 46.8. The fourth-order valence-corrected chi connectivity index (χ4v) is 8.36. The first-order valence-electron chi connectivity index (χ1n) is 20.3. The van der Waals surface area contributed by atoms with Crippen molar-refractivity contribution in [1.82, 2.24) is 19.5 Å². The lowest BCUT2D eigenvalue weighted by molar-refractivity contribution is -0.137. The summed E-state index contributed by atoms with van der Waals surface area (Å²) >= 11 is 0. The number of alkyl halides is 3. The second kappa shape index (κ2) is 15.9. The van der Waals surface area contributed by atoms with Crippen molar-refractivity contribution in [3.63, 3.8) is 0 Å². The van der Waals surface area contributed by atoms with Crippen molar-refractivity contribution in [3.8, 4) is 74.2 Å². The van der Waals surface area contributed by atoms with Gasteiger partial charge >= 0.3 is 6.18 Å². The van der Waals surface area contributed by atoms with Crippen molar-refractivity contribution in [2.24, 2.45) is 0 Å². The van der Waals surface area contributed by atoms with Gasteiger partial charge in [-0.1, -0.05) is 121 Å². The van der Waals surface area contributed by atoms with E-state index in [-0.39, 0.29) is 5.56 Å². The second-order valence-corrected chi connectivity index (χ2v) is 15.3. The normalized spacial score (nSPS) is 12.7. The molecule has 0 saturated heterocycles. The average Bonchev–Trinajstić information content (AvgIpc) is 3.67. The largest absolute Gasteiger partial charge is 0.417 e. The fraction of sp³-hybridized carbons (Fsp3) is 0.0556. The summed E-state index contributed by atoms with van der Waals surface area (Å²) in [4.78, 5) is 14.8. The predicted molar refractivity (Wildman–Crippen MR) is 242 cm³/mol. The van der Waals surface area contributed by atoms with Crippen LogP contribution in [0.3, 0.4) is 0 Å². The van der Waals surface area contributed by atoms with Crippen molar-refractivity contribution in [2.75, 3.05) is 0 Å². The van der Waals surface area contributed by atoms with E-state index in [0.717, 1.165) is 66.8 Å². The predicted octanol–water partition coefficient (Wildman–Crippen LogP) is 13.8. The SMILES string of the molecule is N#CC1=CC=C(c2ccc3c(c2)c2cc(-c4ccc(C#N)cc4)ccc2n3-c2cc(-c3nc(-c4ccccc4)nc(-c4ccccc4)n3)ccc2-c2ccccc2C(F)(F)F)CC1. The monoisotopic (exact) mass is 822 g/mol. The molecule has 9 heteroatoms. The number of nitrogens with zero attached hydrogens (tertiary/aromatic N) is 6. The van der Waals surface area contributed by atoms with Gasteiger partial charge in [-0.2, -0.15) is 23.7 Å². The van der Waals surface area contributed by atoms with Gasteiger partial charge in [0.15, 0.2) is 17.5 Å². The molecule has 0 aliphatic heterocycles. The molecule has 6 nitrogen and oxygen atoms in total. The van der Waals surface area contributed by atoms with Crippen LogP contribution in [0.4, 0.5) is 13.2 Å². The summed E-state index contributed by atoms with van der Waals surface area (Å²) in [7, 11) is 0. The lowest BCUT2D eigenvalue weighted by Crippen LogP contribution is -2.08. The summed E-state index contributed by atoms with van der Waals surface area (Å²) in [6.07, 6.45) is 0.549. The number of benzene rings is 7. The first-order valence-corrected chi connectivity index (χ1v) is 20.3. The number of rotatable bonds is 7. The third-order valence-corrected chi connectivity index (χ3v) is 11.5. The van der Waals surface area contributed by atoms with Crippen LogP contribution in [0.15, 0.2) is 182 Å². The highest BCUT2D eigenvalue weighted by Gasteiger charge is 2.34. The van der Waals surface area contributed by atoms with Gasteiger partial charge in [-0.3, -0.25) is 0 Å². The Morgan fingerprint density at radius 3 is 1.62 bits per heavy atom. The molecule has 0 spiro atoms. The molecule has 0 saturated carbocycles. The molecule has 0 bridgehead atoms. The van der Waals surface area contributed by atoms with Crippen LogP contribution in [0, 0.1) is 22.7 Å². The summed E-state index contributed by atoms with van der Waals surface area (Å²) in [5.74, 6) is 1.28. The van der Waals surface area contributed by atoms with Gasteiger partial charge in [0, 0.05) is 38.6 Å². The molecule has 2 heterocycles. The fourth-order valence-electron chi connectivity index (χ4n) is 8.36. The van der Waals surface area contributed by atoms with Gasteiger partial charge in [-0.05, 0) is 95.3 Å². The number of fused-ring (bicyclic) bond motifs is 3. The topological polar surface area (TPSA) is 91.2 Å². The number of halogens is 3. The molecule has 7 aromatic carbocycles. The zero-order valence-electron chi connectivity index (χ0n) is 33.5. The maximum absolute atomic E-state index is 14.9. The Kier molecular flexibility index (Phi) is 9.78. The Labute approximate surface area is 360 Å². The van der Waals surface area contributed by atoms with Crippen LogP contribution in [-0.4, -0.2) is 19.5 Å². The molecule has 1 aliphatic carbocycles. The van der Waals surface area contributed by atoms with Crippen LogP contribution in [0.5, 0.6) is 0 Å². The first-order chi connectivity index (χ1) is 30.7. The van der Waals surface area contributed by atoms with Gasteiger partial charge in [-0.15, -0.1) is 0 Å². The van der Waals surface area contributed by atoms with E-state index in [1.807, 2.05) is 120 Å². The number of aromatic nitrogens is 4. The second-order valence-electron chi connectivity index (χ2n) is 15.3. The average molecular weight is 823 g/mol. The van der Waals surface area contributed by atoms with Crippen molar-refractivity contribution >= 4 is 27.4 Å². The van der Waals surface area contributed by atoms with Crippen LogP contribution >= 0.6 is 0 Å². The van der Waals surface area contributed by atoms with Gasteiger partial charge in [0.2, 0.25) is 0 Å². The van der Waals surface area contributed by atoms with Gasteiger partial charge < -0.3 is 4.57 Å². The number of allylic oxidation sites excluding steroid dienone is 4. The molecule has 2 aromatic heterocycles. The van der Waals surface area contributed by atoms with Crippen LogP contribution in [0.2, 0.25) is 0 Å². The van der Waals surface area contributed by atoms with E-state index in [1.54, 1.807) is 30.3 Å². The Balaban J connectivity index is 1.26. The number of hydrogen-bond acceptors (Lipinski definition) is 5.